The molecule has 0 saturated carbocycles. The second-order valence-electron chi connectivity index (χ2n) is 4.86. The fraction of sp³-hybridized carbons (Fsp3) is 0.909. The van der Waals surface area contributed by atoms with Crippen LogP contribution < -0.4 is 0 Å². The fourth-order valence-corrected chi connectivity index (χ4v) is 5.55. The molecule has 2 saturated heterocycles. The third-order valence-corrected chi connectivity index (χ3v) is 6.62. The highest BCUT2D eigenvalue weighted by atomic mass is 32.2. The summed E-state index contributed by atoms with van der Waals surface area (Å²) in [6.07, 6.45) is 3.81. The molecule has 1 atom stereocenters. The molecule has 2 fully saturated rings. The molecule has 0 aromatic carbocycles. The summed E-state index contributed by atoms with van der Waals surface area (Å²) in [6.45, 7) is 1.32. The standard InChI is InChI=1S/C11H20N2O4S2/c14-11(15)10-9-18-8-7-13(10)19(16,17)12-5-3-1-2-4-6-12/h10H,1-9H2,(H,14,15). The highest BCUT2D eigenvalue weighted by molar-refractivity contribution is 7.99. The van der Waals surface area contributed by atoms with E-state index in [9.17, 15) is 18.3 Å². The average Bonchev–Trinajstić information content (AvgIpc) is 2.68. The Bertz CT molecular complexity index is 418. The molecule has 0 aromatic rings. The molecule has 2 aliphatic heterocycles. The molecule has 2 rings (SSSR count). The molecule has 1 unspecified atom stereocenters. The predicted octanol–water partition coefficient (Wildman–Crippen LogP) is 0.609. The Kier molecular flexibility index (Phi) is 5.10. The topological polar surface area (TPSA) is 77.9 Å². The first kappa shape index (κ1) is 15.1. The summed E-state index contributed by atoms with van der Waals surface area (Å²) < 4.78 is 27.8. The van der Waals surface area contributed by atoms with E-state index in [0.717, 1.165) is 25.7 Å². The molecule has 2 heterocycles. The summed E-state index contributed by atoms with van der Waals surface area (Å²) in [4.78, 5) is 11.2. The summed E-state index contributed by atoms with van der Waals surface area (Å²) in [5.74, 6) is -0.0511. The first-order valence-electron chi connectivity index (χ1n) is 6.61. The van der Waals surface area contributed by atoms with Crippen LogP contribution in [0, 0.1) is 0 Å². The molecule has 0 aromatic heterocycles. The lowest BCUT2D eigenvalue weighted by atomic mass is 10.2. The Morgan fingerprint density at radius 2 is 1.74 bits per heavy atom. The van der Waals surface area contributed by atoms with Crippen molar-refractivity contribution in [3.05, 3.63) is 0 Å². The van der Waals surface area contributed by atoms with E-state index in [-0.39, 0.29) is 0 Å². The van der Waals surface area contributed by atoms with Gasteiger partial charge in [-0.25, -0.2) is 0 Å². The van der Waals surface area contributed by atoms with Crippen molar-refractivity contribution in [1.82, 2.24) is 8.61 Å². The van der Waals surface area contributed by atoms with Crippen LogP contribution in [0.2, 0.25) is 0 Å². The van der Waals surface area contributed by atoms with Crippen molar-refractivity contribution in [3.8, 4) is 0 Å². The zero-order chi connectivity index (χ0) is 13.9. The Morgan fingerprint density at radius 1 is 1.11 bits per heavy atom. The van der Waals surface area contributed by atoms with Crippen LogP contribution in [0.5, 0.6) is 0 Å². The van der Waals surface area contributed by atoms with Gasteiger partial charge in [0, 0.05) is 31.1 Å². The van der Waals surface area contributed by atoms with E-state index in [4.69, 9.17) is 0 Å². The van der Waals surface area contributed by atoms with Gasteiger partial charge in [-0.05, 0) is 12.8 Å². The van der Waals surface area contributed by atoms with Crippen LogP contribution in [-0.4, -0.2) is 65.3 Å². The molecular formula is C11H20N2O4S2. The van der Waals surface area contributed by atoms with E-state index < -0.39 is 22.2 Å². The van der Waals surface area contributed by atoms with Gasteiger partial charge >= 0.3 is 5.97 Å². The second kappa shape index (κ2) is 6.43. The van der Waals surface area contributed by atoms with Crippen molar-refractivity contribution in [2.45, 2.75) is 31.7 Å². The number of thioether (sulfide) groups is 1. The highest BCUT2D eigenvalue weighted by Crippen LogP contribution is 2.24. The maximum absolute atomic E-state index is 12.6. The van der Waals surface area contributed by atoms with Crippen molar-refractivity contribution in [2.24, 2.45) is 0 Å². The number of nitrogens with zero attached hydrogens (tertiary/aromatic N) is 2. The number of rotatable bonds is 3. The molecule has 0 aliphatic carbocycles. The van der Waals surface area contributed by atoms with Gasteiger partial charge in [0.2, 0.25) is 0 Å². The highest BCUT2D eigenvalue weighted by Gasteiger charge is 2.40. The van der Waals surface area contributed by atoms with Gasteiger partial charge in [-0.3, -0.25) is 4.79 Å². The zero-order valence-corrected chi connectivity index (χ0v) is 12.5. The quantitative estimate of drug-likeness (QED) is 0.826. The maximum Gasteiger partial charge on any atom is 0.322 e. The Balaban J connectivity index is 2.18. The van der Waals surface area contributed by atoms with Crippen LogP contribution in [0.1, 0.15) is 25.7 Å². The minimum atomic E-state index is -3.63. The minimum absolute atomic E-state index is 0.292. The Labute approximate surface area is 118 Å². The van der Waals surface area contributed by atoms with Crippen molar-refractivity contribution >= 4 is 27.9 Å². The van der Waals surface area contributed by atoms with Crippen LogP contribution in [0.15, 0.2) is 0 Å². The molecule has 0 radical (unpaired) electrons. The van der Waals surface area contributed by atoms with E-state index in [2.05, 4.69) is 0 Å². The van der Waals surface area contributed by atoms with E-state index >= 15 is 0 Å². The summed E-state index contributed by atoms with van der Waals surface area (Å²) in [5, 5.41) is 9.19. The summed E-state index contributed by atoms with van der Waals surface area (Å²) in [6, 6.07) is -0.924. The molecule has 0 bridgehead atoms. The first-order valence-corrected chi connectivity index (χ1v) is 9.16. The number of hydrogen-bond acceptors (Lipinski definition) is 4. The predicted molar refractivity (Wildman–Crippen MR) is 74.4 cm³/mol. The van der Waals surface area contributed by atoms with Gasteiger partial charge in [0.15, 0.2) is 0 Å². The van der Waals surface area contributed by atoms with Crippen LogP contribution >= 0.6 is 11.8 Å². The molecule has 8 heteroatoms. The summed E-state index contributed by atoms with van der Waals surface area (Å²) in [5.41, 5.74) is 0. The van der Waals surface area contributed by atoms with Crippen LogP contribution in [0.3, 0.4) is 0 Å². The molecule has 6 nitrogen and oxygen atoms in total. The molecule has 0 amide bonds. The van der Waals surface area contributed by atoms with Gasteiger partial charge in [-0.1, -0.05) is 12.8 Å². The molecule has 2 aliphatic rings. The van der Waals surface area contributed by atoms with Gasteiger partial charge in [-0.15, -0.1) is 0 Å². The third-order valence-electron chi connectivity index (χ3n) is 3.55. The molecule has 1 N–H and O–H groups in total. The SMILES string of the molecule is O=C(O)C1CSCCN1S(=O)(=O)N1CCCCCC1. The van der Waals surface area contributed by atoms with Crippen molar-refractivity contribution < 1.29 is 18.3 Å². The Hall–Kier alpha value is -0.310. The monoisotopic (exact) mass is 308 g/mol. The van der Waals surface area contributed by atoms with Gasteiger partial charge in [0.25, 0.3) is 10.2 Å². The van der Waals surface area contributed by atoms with Crippen LogP contribution in [0.25, 0.3) is 0 Å². The number of carboxylic acid groups (broad SMARTS) is 1. The normalized spacial score (nSPS) is 27.9. The average molecular weight is 308 g/mol. The molecule has 110 valence electrons. The lowest BCUT2D eigenvalue weighted by Crippen LogP contribution is -2.55. The van der Waals surface area contributed by atoms with Crippen molar-refractivity contribution in [2.75, 3.05) is 31.1 Å². The fourth-order valence-electron chi connectivity index (χ4n) is 2.48. The molecular weight excluding hydrogens is 288 g/mol. The lowest BCUT2D eigenvalue weighted by molar-refractivity contribution is -0.140. The van der Waals surface area contributed by atoms with Gasteiger partial charge in [0.05, 0.1) is 0 Å². The summed E-state index contributed by atoms with van der Waals surface area (Å²) in [7, 11) is -3.63. The van der Waals surface area contributed by atoms with Crippen molar-refractivity contribution in [1.29, 1.82) is 0 Å². The maximum atomic E-state index is 12.6. The summed E-state index contributed by atoms with van der Waals surface area (Å²) >= 11 is 1.50. The lowest BCUT2D eigenvalue weighted by Gasteiger charge is -2.35. The van der Waals surface area contributed by atoms with Gasteiger partial charge in [-0.2, -0.15) is 28.8 Å². The number of carbonyl (C=O) groups is 1. The Morgan fingerprint density at radius 3 is 2.32 bits per heavy atom. The number of hydrogen-bond donors (Lipinski definition) is 1. The smallest absolute Gasteiger partial charge is 0.322 e. The second-order valence-corrected chi connectivity index (χ2v) is 7.89. The first-order chi connectivity index (χ1) is 9.03. The van der Waals surface area contributed by atoms with Gasteiger partial charge in [0.1, 0.15) is 6.04 Å². The number of carboxylic acids is 1. The number of aliphatic carboxylic acids is 1. The van der Waals surface area contributed by atoms with Gasteiger partial charge < -0.3 is 5.11 Å². The van der Waals surface area contributed by atoms with E-state index in [1.807, 2.05) is 0 Å². The van der Waals surface area contributed by atoms with E-state index in [1.54, 1.807) is 0 Å². The molecule has 0 spiro atoms. The van der Waals surface area contributed by atoms with Crippen LogP contribution in [-0.2, 0) is 15.0 Å². The largest absolute Gasteiger partial charge is 0.480 e. The minimum Gasteiger partial charge on any atom is -0.480 e. The third kappa shape index (κ3) is 3.42. The van der Waals surface area contributed by atoms with Crippen molar-refractivity contribution in [3.63, 3.8) is 0 Å². The zero-order valence-electron chi connectivity index (χ0n) is 10.8. The van der Waals surface area contributed by atoms with Crippen LogP contribution in [0.4, 0.5) is 0 Å². The van der Waals surface area contributed by atoms with E-state index in [0.29, 0.717) is 31.1 Å². The molecule has 19 heavy (non-hydrogen) atoms. The van der Waals surface area contributed by atoms with E-state index in [1.165, 1.54) is 20.4 Å².